The maximum absolute atomic E-state index is 13.1. The van der Waals surface area contributed by atoms with Crippen LogP contribution >= 0.6 is 0 Å². The largest absolute Gasteiger partial charge is 0.391 e. The molecule has 3 aromatic rings. The van der Waals surface area contributed by atoms with Crippen molar-refractivity contribution < 1.29 is 14.6 Å². The minimum atomic E-state index is -0.528. The van der Waals surface area contributed by atoms with Gasteiger partial charge in [0.05, 0.1) is 30.5 Å². The van der Waals surface area contributed by atoms with E-state index in [2.05, 4.69) is 26.0 Å². The van der Waals surface area contributed by atoms with Gasteiger partial charge >= 0.3 is 0 Å². The molecule has 1 amide bonds. The molecule has 2 aliphatic carbocycles. The minimum Gasteiger partial charge on any atom is -0.391 e. The highest BCUT2D eigenvalue weighted by atomic mass is 16.5. The highest BCUT2D eigenvalue weighted by Crippen LogP contribution is 2.29. The number of aromatic nitrogens is 4. The third-order valence-corrected chi connectivity index (χ3v) is 6.84. The zero-order valence-corrected chi connectivity index (χ0v) is 19.2. The fourth-order valence-corrected chi connectivity index (χ4v) is 4.78. The molecule has 0 spiro atoms. The topological polar surface area (TPSA) is 135 Å². The van der Waals surface area contributed by atoms with Crippen molar-refractivity contribution in [2.75, 3.05) is 24.8 Å². The van der Waals surface area contributed by atoms with Crippen molar-refractivity contribution in [3.63, 3.8) is 0 Å². The molecule has 2 saturated carbocycles. The first-order valence-electron chi connectivity index (χ1n) is 11.6. The molecule has 0 radical (unpaired) electrons. The number of pyridine rings is 1. The third kappa shape index (κ3) is 3.90. The van der Waals surface area contributed by atoms with Crippen LogP contribution in [0.25, 0.3) is 5.65 Å². The van der Waals surface area contributed by atoms with E-state index in [4.69, 9.17) is 4.74 Å². The summed E-state index contributed by atoms with van der Waals surface area (Å²) in [4.78, 5) is 30.7. The molecule has 5 rings (SSSR count). The molecule has 0 aromatic carbocycles. The maximum Gasteiger partial charge on any atom is 0.274 e. The maximum atomic E-state index is 13.1. The van der Waals surface area contributed by atoms with Crippen molar-refractivity contribution in [3.8, 4) is 0 Å². The summed E-state index contributed by atoms with van der Waals surface area (Å²) in [6, 6.07) is 4.90. The number of aliphatic hydroxyl groups excluding tert-OH is 1. The second kappa shape index (κ2) is 9.07. The number of anilines is 3. The van der Waals surface area contributed by atoms with Crippen LogP contribution in [0.15, 0.2) is 35.4 Å². The number of amides is 1. The lowest BCUT2D eigenvalue weighted by atomic mass is 9.89. The first-order valence-corrected chi connectivity index (χ1v) is 11.6. The summed E-state index contributed by atoms with van der Waals surface area (Å²) in [6.07, 6.45) is 6.80. The lowest BCUT2D eigenvalue weighted by Gasteiger charge is -2.35. The summed E-state index contributed by atoms with van der Waals surface area (Å²) < 4.78 is 8.50. The number of nitrogens with one attached hydrogen (secondary N) is 3. The van der Waals surface area contributed by atoms with Gasteiger partial charge in [-0.3, -0.25) is 9.59 Å². The summed E-state index contributed by atoms with van der Waals surface area (Å²) in [5.41, 5.74) is 0.802. The molecule has 34 heavy (non-hydrogen) atoms. The Bertz CT molecular complexity index is 1270. The van der Waals surface area contributed by atoms with E-state index in [9.17, 15) is 14.7 Å². The molecule has 2 fully saturated rings. The smallest absolute Gasteiger partial charge is 0.274 e. The van der Waals surface area contributed by atoms with Crippen LogP contribution in [0.2, 0.25) is 0 Å². The van der Waals surface area contributed by atoms with Gasteiger partial charge in [0.2, 0.25) is 0 Å². The molecule has 3 heterocycles. The molecule has 3 aromatic heterocycles. The molecule has 0 saturated heterocycles. The molecular weight excluding hydrogens is 438 g/mol. The summed E-state index contributed by atoms with van der Waals surface area (Å²) in [5, 5.41) is 23.7. The van der Waals surface area contributed by atoms with Crippen LogP contribution in [0.1, 0.15) is 48.5 Å². The van der Waals surface area contributed by atoms with Gasteiger partial charge in [0.25, 0.3) is 11.5 Å². The Morgan fingerprint density at radius 1 is 1.26 bits per heavy atom. The van der Waals surface area contributed by atoms with Crippen molar-refractivity contribution in [2.24, 2.45) is 0 Å². The highest BCUT2D eigenvalue weighted by Gasteiger charge is 2.33. The Balaban J connectivity index is 1.46. The lowest BCUT2D eigenvalue weighted by Crippen LogP contribution is -2.51. The number of carbonyl (C=O) groups is 1. The van der Waals surface area contributed by atoms with Crippen LogP contribution in [0.5, 0.6) is 0 Å². The number of methoxy groups -OCH3 is 1. The van der Waals surface area contributed by atoms with Crippen molar-refractivity contribution in [1.29, 1.82) is 0 Å². The third-order valence-electron chi connectivity index (χ3n) is 6.84. The summed E-state index contributed by atoms with van der Waals surface area (Å²) in [7, 11) is 3.39. The van der Waals surface area contributed by atoms with Gasteiger partial charge in [0.15, 0.2) is 5.65 Å². The van der Waals surface area contributed by atoms with E-state index < -0.39 is 6.10 Å². The molecule has 180 valence electrons. The first-order chi connectivity index (χ1) is 16.5. The average Bonchev–Trinajstić information content (AvgIpc) is 3.44. The van der Waals surface area contributed by atoms with Gasteiger partial charge in [0.1, 0.15) is 22.9 Å². The quantitative estimate of drug-likeness (QED) is 0.412. The van der Waals surface area contributed by atoms with Crippen LogP contribution < -0.4 is 21.5 Å². The van der Waals surface area contributed by atoms with E-state index in [1.165, 1.54) is 6.20 Å². The number of nitrogens with zero attached hydrogens (tertiary/aromatic N) is 4. The Hall–Kier alpha value is -3.44. The monoisotopic (exact) mass is 467 g/mol. The van der Waals surface area contributed by atoms with Crippen molar-refractivity contribution >= 4 is 28.9 Å². The number of hydrogen-bond donors (Lipinski definition) is 4. The number of fused-ring (bicyclic) bond motifs is 1. The standard InChI is InChI=1S/C23H29N7O4/c1-24-20-11-19(26-15-5-4-10-29(23(15)33)16-6-3-7-17(16)31)28-21-13(12-25-30(20)21)22(32)27-14-8-9-18(14)34-2/h4-5,10-12,14,16-18,24,31H,3,6-9H2,1-2H3,(H,26,28)(H,27,32)/t14-,16+,17-,18?/m0/s1. The zero-order valence-electron chi connectivity index (χ0n) is 19.2. The van der Waals surface area contributed by atoms with E-state index in [1.807, 2.05) is 0 Å². The fourth-order valence-electron chi connectivity index (χ4n) is 4.78. The number of rotatable bonds is 7. The molecule has 0 aliphatic heterocycles. The van der Waals surface area contributed by atoms with Gasteiger partial charge in [-0.25, -0.2) is 4.98 Å². The van der Waals surface area contributed by atoms with Crippen LogP contribution in [0.4, 0.5) is 17.3 Å². The van der Waals surface area contributed by atoms with Crippen LogP contribution in [-0.4, -0.2) is 62.6 Å². The van der Waals surface area contributed by atoms with Gasteiger partial charge in [0, 0.05) is 26.4 Å². The van der Waals surface area contributed by atoms with Gasteiger partial charge in [-0.15, -0.1) is 0 Å². The van der Waals surface area contributed by atoms with Crippen LogP contribution in [0.3, 0.4) is 0 Å². The normalized spacial score (nSPS) is 24.1. The Kier molecular flexibility index (Phi) is 5.96. The van der Waals surface area contributed by atoms with Gasteiger partial charge in [-0.2, -0.15) is 9.61 Å². The van der Waals surface area contributed by atoms with Gasteiger partial charge in [-0.1, -0.05) is 0 Å². The first kappa shape index (κ1) is 22.4. The average molecular weight is 468 g/mol. The summed E-state index contributed by atoms with van der Waals surface area (Å²) in [6.45, 7) is 0. The van der Waals surface area contributed by atoms with Crippen molar-refractivity contribution in [1.82, 2.24) is 24.5 Å². The van der Waals surface area contributed by atoms with E-state index in [0.29, 0.717) is 35.0 Å². The van der Waals surface area contributed by atoms with E-state index in [0.717, 1.165) is 25.7 Å². The molecule has 11 nitrogen and oxygen atoms in total. The zero-order chi connectivity index (χ0) is 23.8. The lowest BCUT2D eigenvalue weighted by molar-refractivity contribution is 0.00732. The molecule has 11 heteroatoms. The number of ether oxygens (including phenoxy) is 1. The van der Waals surface area contributed by atoms with Gasteiger partial charge in [-0.05, 0) is 44.2 Å². The molecule has 4 atom stereocenters. The van der Waals surface area contributed by atoms with E-state index in [-0.39, 0.29) is 29.7 Å². The highest BCUT2D eigenvalue weighted by molar-refractivity contribution is 6.00. The Morgan fingerprint density at radius 2 is 2.12 bits per heavy atom. The predicted octanol–water partition coefficient (Wildman–Crippen LogP) is 1.67. The van der Waals surface area contributed by atoms with E-state index >= 15 is 0 Å². The predicted molar refractivity (Wildman–Crippen MR) is 127 cm³/mol. The van der Waals surface area contributed by atoms with Crippen molar-refractivity contribution in [3.05, 3.63) is 46.5 Å². The molecule has 2 aliphatic rings. The van der Waals surface area contributed by atoms with Crippen molar-refractivity contribution in [2.45, 2.75) is 56.4 Å². The Labute approximate surface area is 196 Å². The molecular formula is C23H29N7O4. The molecule has 1 unspecified atom stereocenters. The number of hydrogen-bond acceptors (Lipinski definition) is 8. The van der Waals surface area contributed by atoms with E-state index in [1.54, 1.807) is 47.6 Å². The number of aliphatic hydroxyl groups is 1. The fraction of sp³-hybridized carbons (Fsp3) is 0.478. The Morgan fingerprint density at radius 3 is 2.79 bits per heavy atom. The summed E-state index contributed by atoms with van der Waals surface area (Å²) in [5.74, 6) is 0.727. The van der Waals surface area contributed by atoms with Crippen LogP contribution in [0, 0.1) is 0 Å². The molecule has 0 bridgehead atoms. The molecule has 4 N–H and O–H groups in total. The SMILES string of the molecule is CNc1cc(Nc2cccn([C@@H]3CCC[C@@H]3O)c2=O)nc2c(C(=O)N[C@H]3CCC3OC)cnn12. The second-order valence-electron chi connectivity index (χ2n) is 8.83. The van der Waals surface area contributed by atoms with Gasteiger partial charge < -0.3 is 30.4 Å². The number of carbonyl (C=O) groups excluding carboxylic acids is 1. The minimum absolute atomic E-state index is 0.0162. The van der Waals surface area contributed by atoms with Crippen LogP contribution in [-0.2, 0) is 4.74 Å². The second-order valence-corrected chi connectivity index (χ2v) is 8.83. The summed E-state index contributed by atoms with van der Waals surface area (Å²) >= 11 is 0.